The Bertz CT molecular complexity index is 412. The molecule has 2 rings (SSSR count). The van der Waals surface area contributed by atoms with Crippen LogP contribution in [0.25, 0.3) is 0 Å². The second-order valence-electron chi connectivity index (χ2n) is 3.44. The molecule has 0 bridgehead atoms. The summed E-state index contributed by atoms with van der Waals surface area (Å²) in [5.74, 6) is 0. The van der Waals surface area contributed by atoms with Gasteiger partial charge in [-0.05, 0) is 18.4 Å². The molecular weight excluding hydrogens is 216 g/mol. The van der Waals surface area contributed by atoms with Crippen LogP contribution in [0.15, 0.2) is 30.3 Å². The summed E-state index contributed by atoms with van der Waals surface area (Å²) in [6.45, 7) is 0.134. The van der Waals surface area contributed by atoms with Gasteiger partial charge in [0, 0.05) is 0 Å². The Morgan fingerprint density at radius 1 is 1.27 bits per heavy atom. The third-order valence-electron chi connectivity index (χ3n) is 2.25. The van der Waals surface area contributed by atoms with Crippen LogP contribution in [0.1, 0.15) is 12.0 Å². The number of aryl methyl sites for hydroxylation is 1. The van der Waals surface area contributed by atoms with Gasteiger partial charge >= 0.3 is 10.4 Å². The van der Waals surface area contributed by atoms with Crippen LogP contribution in [0.2, 0.25) is 0 Å². The van der Waals surface area contributed by atoms with Gasteiger partial charge in [-0.2, -0.15) is 8.42 Å². The van der Waals surface area contributed by atoms with Gasteiger partial charge in [-0.3, -0.25) is 0 Å². The molecule has 15 heavy (non-hydrogen) atoms. The Morgan fingerprint density at radius 2 is 2.00 bits per heavy atom. The summed E-state index contributed by atoms with van der Waals surface area (Å²) in [7, 11) is -3.70. The standard InChI is InChI=1S/C10H12O4S/c11-15(12)13-8-10(14-15)7-6-9-4-2-1-3-5-9/h1-5,10H,6-8H2. The highest BCUT2D eigenvalue weighted by atomic mass is 32.3. The Kier molecular flexibility index (Phi) is 3.04. The summed E-state index contributed by atoms with van der Waals surface area (Å²) >= 11 is 0. The summed E-state index contributed by atoms with van der Waals surface area (Å²) in [5.41, 5.74) is 1.17. The summed E-state index contributed by atoms with van der Waals surface area (Å²) < 4.78 is 30.8. The first kappa shape index (κ1) is 10.6. The first-order valence-corrected chi connectivity index (χ1v) is 6.11. The molecule has 4 nitrogen and oxygen atoms in total. The van der Waals surface area contributed by atoms with E-state index in [4.69, 9.17) is 4.18 Å². The van der Waals surface area contributed by atoms with Crippen LogP contribution in [0.4, 0.5) is 0 Å². The Morgan fingerprint density at radius 3 is 2.60 bits per heavy atom. The molecule has 1 saturated heterocycles. The van der Waals surface area contributed by atoms with Crippen molar-refractivity contribution >= 4 is 10.4 Å². The van der Waals surface area contributed by atoms with E-state index >= 15 is 0 Å². The van der Waals surface area contributed by atoms with E-state index in [1.165, 1.54) is 5.56 Å². The Hall–Kier alpha value is -0.910. The third-order valence-corrected chi connectivity index (χ3v) is 3.18. The predicted octanol–water partition coefficient (Wildman–Crippen LogP) is 1.28. The smallest absolute Gasteiger partial charge is 0.245 e. The molecule has 0 aliphatic carbocycles. The molecular formula is C10H12O4S. The van der Waals surface area contributed by atoms with Crippen molar-refractivity contribution in [1.29, 1.82) is 0 Å². The van der Waals surface area contributed by atoms with E-state index in [1.54, 1.807) is 0 Å². The van der Waals surface area contributed by atoms with Crippen molar-refractivity contribution in [2.45, 2.75) is 18.9 Å². The topological polar surface area (TPSA) is 52.6 Å². The Labute approximate surface area is 89.2 Å². The first-order valence-electron chi connectivity index (χ1n) is 4.77. The lowest BCUT2D eigenvalue weighted by Gasteiger charge is -2.04. The molecule has 1 fully saturated rings. The van der Waals surface area contributed by atoms with E-state index in [-0.39, 0.29) is 12.7 Å². The second kappa shape index (κ2) is 4.30. The molecule has 0 radical (unpaired) electrons. The third kappa shape index (κ3) is 3.02. The molecule has 1 heterocycles. The number of rotatable bonds is 3. The van der Waals surface area contributed by atoms with Gasteiger partial charge in [0.25, 0.3) is 0 Å². The maximum Gasteiger partial charge on any atom is 0.400 e. The van der Waals surface area contributed by atoms with Crippen LogP contribution in [-0.2, 0) is 25.2 Å². The molecule has 1 aromatic rings. The average Bonchev–Trinajstić information content (AvgIpc) is 2.57. The minimum absolute atomic E-state index is 0.134. The molecule has 82 valence electrons. The summed E-state index contributed by atoms with van der Waals surface area (Å²) in [5, 5.41) is 0. The van der Waals surface area contributed by atoms with Crippen LogP contribution >= 0.6 is 0 Å². The lowest BCUT2D eigenvalue weighted by atomic mass is 10.1. The zero-order valence-corrected chi connectivity index (χ0v) is 8.94. The van der Waals surface area contributed by atoms with Gasteiger partial charge in [-0.15, -0.1) is 0 Å². The van der Waals surface area contributed by atoms with Crippen molar-refractivity contribution in [3.63, 3.8) is 0 Å². The maximum atomic E-state index is 10.8. The van der Waals surface area contributed by atoms with Gasteiger partial charge < -0.3 is 0 Å². The summed E-state index contributed by atoms with van der Waals surface area (Å²) in [6.07, 6.45) is 1.11. The van der Waals surface area contributed by atoms with Crippen LogP contribution in [0, 0.1) is 0 Å². The lowest BCUT2D eigenvalue weighted by Crippen LogP contribution is -2.11. The quantitative estimate of drug-likeness (QED) is 0.782. The van der Waals surface area contributed by atoms with Crippen molar-refractivity contribution < 1.29 is 16.8 Å². The minimum Gasteiger partial charge on any atom is -0.245 e. The molecule has 1 atom stereocenters. The van der Waals surface area contributed by atoms with E-state index in [0.717, 1.165) is 6.42 Å². The molecule has 0 amide bonds. The average molecular weight is 228 g/mol. The van der Waals surface area contributed by atoms with E-state index < -0.39 is 10.4 Å². The molecule has 0 N–H and O–H groups in total. The second-order valence-corrected chi connectivity index (χ2v) is 4.68. The van der Waals surface area contributed by atoms with E-state index in [0.29, 0.717) is 6.42 Å². The SMILES string of the molecule is O=S1(=O)OCC(CCc2ccccc2)O1. The zero-order valence-electron chi connectivity index (χ0n) is 8.13. The van der Waals surface area contributed by atoms with Crippen LogP contribution < -0.4 is 0 Å². The predicted molar refractivity (Wildman–Crippen MR) is 54.5 cm³/mol. The molecule has 0 spiro atoms. The van der Waals surface area contributed by atoms with Gasteiger partial charge in [0.1, 0.15) is 6.10 Å². The van der Waals surface area contributed by atoms with Gasteiger partial charge in [-0.25, -0.2) is 8.37 Å². The van der Waals surface area contributed by atoms with Crippen molar-refractivity contribution in [2.24, 2.45) is 0 Å². The molecule has 1 aliphatic rings. The van der Waals surface area contributed by atoms with Gasteiger partial charge in [0.05, 0.1) is 6.61 Å². The number of benzene rings is 1. The van der Waals surface area contributed by atoms with E-state index in [1.807, 2.05) is 30.3 Å². The maximum absolute atomic E-state index is 10.8. The fraction of sp³-hybridized carbons (Fsp3) is 0.400. The largest absolute Gasteiger partial charge is 0.400 e. The fourth-order valence-corrected chi connectivity index (χ4v) is 2.34. The van der Waals surface area contributed by atoms with Crippen LogP contribution in [0.3, 0.4) is 0 Å². The van der Waals surface area contributed by atoms with Crippen molar-refractivity contribution in [1.82, 2.24) is 0 Å². The lowest BCUT2D eigenvalue weighted by molar-refractivity contribution is 0.224. The molecule has 1 aliphatic heterocycles. The van der Waals surface area contributed by atoms with Crippen LogP contribution in [0.5, 0.6) is 0 Å². The molecule has 0 saturated carbocycles. The normalized spacial score (nSPS) is 24.1. The Balaban J connectivity index is 1.85. The highest BCUT2D eigenvalue weighted by Crippen LogP contribution is 2.17. The highest BCUT2D eigenvalue weighted by molar-refractivity contribution is 7.82. The highest BCUT2D eigenvalue weighted by Gasteiger charge is 2.29. The van der Waals surface area contributed by atoms with Crippen molar-refractivity contribution in [2.75, 3.05) is 6.61 Å². The van der Waals surface area contributed by atoms with Crippen LogP contribution in [-0.4, -0.2) is 21.1 Å². The number of hydrogen-bond donors (Lipinski definition) is 0. The van der Waals surface area contributed by atoms with E-state index in [9.17, 15) is 8.42 Å². The fourth-order valence-electron chi connectivity index (χ4n) is 1.49. The first-order chi connectivity index (χ1) is 7.16. The molecule has 1 aromatic carbocycles. The molecule has 5 heteroatoms. The van der Waals surface area contributed by atoms with Crippen molar-refractivity contribution in [3.05, 3.63) is 35.9 Å². The van der Waals surface area contributed by atoms with E-state index in [2.05, 4.69) is 4.18 Å². The molecule has 1 unspecified atom stereocenters. The minimum atomic E-state index is -3.70. The van der Waals surface area contributed by atoms with Gasteiger partial charge in [0.15, 0.2) is 0 Å². The van der Waals surface area contributed by atoms with Gasteiger partial charge in [0.2, 0.25) is 0 Å². The van der Waals surface area contributed by atoms with Gasteiger partial charge in [-0.1, -0.05) is 30.3 Å². The number of hydrogen-bond acceptors (Lipinski definition) is 4. The zero-order chi connectivity index (χ0) is 10.7. The summed E-state index contributed by atoms with van der Waals surface area (Å²) in [6, 6.07) is 9.87. The summed E-state index contributed by atoms with van der Waals surface area (Å²) in [4.78, 5) is 0. The monoisotopic (exact) mass is 228 g/mol. The molecule has 0 aromatic heterocycles. The van der Waals surface area contributed by atoms with Crippen molar-refractivity contribution in [3.8, 4) is 0 Å².